The minimum absolute atomic E-state index is 0.0881. The molecule has 0 spiro atoms. The lowest BCUT2D eigenvalue weighted by Gasteiger charge is -2.29. The van der Waals surface area contributed by atoms with E-state index in [0.717, 1.165) is 36.9 Å². The summed E-state index contributed by atoms with van der Waals surface area (Å²) in [6, 6.07) is 8.34. The van der Waals surface area contributed by atoms with E-state index in [4.69, 9.17) is 4.74 Å². The molecule has 0 N–H and O–H groups in total. The van der Waals surface area contributed by atoms with Crippen molar-refractivity contribution in [2.24, 2.45) is 0 Å². The Morgan fingerprint density at radius 3 is 2.48 bits per heavy atom. The summed E-state index contributed by atoms with van der Waals surface area (Å²) in [5.41, 5.74) is 1.82. The molecular weight excluding hydrogens is 405 g/mol. The van der Waals surface area contributed by atoms with Crippen LogP contribution >= 0.6 is 22.6 Å². The van der Waals surface area contributed by atoms with Gasteiger partial charge >= 0.3 is 6.09 Å². The average molecular weight is 429 g/mol. The van der Waals surface area contributed by atoms with Crippen LogP contribution in [0.4, 0.5) is 4.79 Å². The highest BCUT2D eigenvalue weighted by molar-refractivity contribution is 14.1. The Hall–Kier alpha value is -1.11. The van der Waals surface area contributed by atoms with Gasteiger partial charge in [0.2, 0.25) is 0 Å². The average Bonchev–Trinajstić information content (AvgIpc) is 2.93. The van der Waals surface area contributed by atoms with E-state index in [1.165, 1.54) is 0 Å². The van der Waals surface area contributed by atoms with Crippen molar-refractivity contribution in [3.8, 4) is 0 Å². The van der Waals surface area contributed by atoms with Gasteiger partial charge in [0.1, 0.15) is 5.60 Å². The van der Waals surface area contributed by atoms with Gasteiger partial charge in [-0.15, -0.1) is 0 Å². The number of ether oxygens (including phenoxy) is 1. The van der Waals surface area contributed by atoms with Crippen molar-refractivity contribution in [3.05, 3.63) is 35.4 Å². The minimum atomic E-state index is -0.472. The van der Waals surface area contributed by atoms with Crippen molar-refractivity contribution in [2.45, 2.75) is 58.1 Å². The van der Waals surface area contributed by atoms with Crippen LogP contribution in [0.1, 0.15) is 57.2 Å². The van der Waals surface area contributed by atoms with Crippen LogP contribution in [0.2, 0.25) is 0 Å². The lowest BCUT2D eigenvalue weighted by molar-refractivity contribution is -0.109. The first-order chi connectivity index (χ1) is 10.8. The fourth-order valence-electron chi connectivity index (χ4n) is 2.80. The number of amides is 1. The van der Waals surface area contributed by atoms with Crippen LogP contribution in [0.5, 0.6) is 0 Å². The summed E-state index contributed by atoms with van der Waals surface area (Å²) in [4.78, 5) is 25.2. The topological polar surface area (TPSA) is 46.6 Å². The molecule has 1 aromatic carbocycles. The van der Waals surface area contributed by atoms with Crippen LogP contribution in [0.3, 0.4) is 0 Å². The number of nitrogens with zero attached hydrogens (tertiary/aromatic N) is 1. The van der Waals surface area contributed by atoms with Gasteiger partial charge in [-0.3, -0.25) is 4.79 Å². The molecule has 5 heteroatoms. The second-order valence-corrected chi connectivity index (χ2v) is 8.13. The summed E-state index contributed by atoms with van der Waals surface area (Å²) in [6.45, 7) is 6.40. The van der Waals surface area contributed by atoms with E-state index in [-0.39, 0.29) is 15.9 Å². The minimum Gasteiger partial charge on any atom is -0.444 e. The number of benzene rings is 1. The summed E-state index contributed by atoms with van der Waals surface area (Å²) in [5.74, 6) is 0. The fraction of sp³-hybridized carbons (Fsp3) is 0.556. The third kappa shape index (κ3) is 5.48. The molecule has 1 atom stereocenters. The number of hydrogen-bond donors (Lipinski definition) is 0. The SMILES string of the molecule is CC(C)(C)OC(=O)N1CCC[C@@H]1c1ccc(CCC(=O)I)cc1. The molecule has 126 valence electrons. The standard InChI is InChI=1S/C18H24INO3/c1-18(2,3)23-17(22)20-12-4-5-15(20)14-9-6-13(7-10-14)8-11-16(19)21/h6-7,9-10,15H,4-5,8,11-12H2,1-3H3/t15-/m1/s1. The third-order valence-electron chi connectivity index (χ3n) is 3.86. The number of carbonyl (C=O) groups is 2. The summed E-state index contributed by atoms with van der Waals surface area (Å²) < 4.78 is 5.69. The van der Waals surface area contributed by atoms with E-state index in [0.29, 0.717) is 6.42 Å². The summed E-state index contributed by atoms with van der Waals surface area (Å²) in [7, 11) is 0. The highest BCUT2D eigenvalue weighted by atomic mass is 127. The molecule has 2 rings (SSSR count). The third-order valence-corrected chi connectivity index (χ3v) is 4.39. The number of halogens is 1. The lowest BCUT2D eigenvalue weighted by Crippen LogP contribution is -2.36. The molecule has 0 bridgehead atoms. The first-order valence-corrected chi connectivity index (χ1v) is 9.11. The fourth-order valence-corrected chi connectivity index (χ4v) is 3.07. The van der Waals surface area contributed by atoms with Crippen molar-refractivity contribution < 1.29 is 14.3 Å². The van der Waals surface area contributed by atoms with Gasteiger partial charge < -0.3 is 9.64 Å². The normalized spacial score (nSPS) is 18.1. The Labute approximate surface area is 151 Å². The summed E-state index contributed by atoms with van der Waals surface area (Å²) in [5, 5.41) is 0. The van der Waals surface area contributed by atoms with E-state index in [2.05, 4.69) is 24.3 Å². The van der Waals surface area contributed by atoms with Gasteiger partial charge in [-0.1, -0.05) is 24.3 Å². The van der Waals surface area contributed by atoms with Crippen LogP contribution in [-0.4, -0.2) is 26.9 Å². The molecule has 0 aromatic heterocycles. The largest absolute Gasteiger partial charge is 0.444 e. The van der Waals surface area contributed by atoms with Gasteiger partial charge in [0.25, 0.3) is 0 Å². The Morgan fingerprint density at radius 2 is 1.91 bits per heavy atom. The molecule has 0 aliphatic carbocycles. The molecule has 0 saturated carbocycles. The van der Waals surface area contributed by atoms with Gasteiger partial charge in [-0.05, 0) is 73.8 Å². The number of rotatable bonds is 4. The Kier molecular flexibility index (Phi) is 6.06. The van der Waals surface area contributed by atoms with Crippen LogP contribution < -0.4 is 0 Å². The quantitative estimate of drug-likeness (QED) is 0.517. The van der Waals surface area contributed by atoms with E-state index in [1.807, 2.05) is 48.3 Å². The van der Waals surface area contributed by atoms with Crippen molar-refractivity contribution in [1.29, 1.82) is 0 Å². The maximum atomic E-state index is 12.4. The van der Waals surface area contributed by atoms with Crippen LogP contribution in [-0.2, 0) is 16.0 Å². The Balaban J connectivity index is 2.04. The first kappa shape index (κ1) is 18.2. The van der Waals surface area contributed by atoms with Crippen molar-refractivity contribution in [1.82, 2.24) is 4.90 Å². The van der Waals surface area contributed by atoms with E-state index >= 15 is 0 Å². The molecule has 0 radical (unpaired) electrons. The molecule has 0 unspecified atom stereocenters. The number of carbonyl (C=O) groups excluding carboxylic acids is 2. The van der Waals surface area contributed by atoms with Gasteiger partial charge in [0.05, 0.1) is 6.04 Å². The zero-order chi connectivity index (χ0) is 17.0. The molecule has 1 heterocycles. The maximum Gasteiger partial charge on any atom is 0.410 e. The van der Waals surface area contributed by atoms with Crippen LogP contribution in [0, 0.1) is 0 Å². The van der Waals surface area contributed by atoms with E-state index in [9.17, 15) is 9.59 Å². The van der Waals surface area contributed by atoms with Crippen molar-refractivity contribution in [2.75, 3.05) is 6.54 Å². The second kappa shape index (κ2) is 7.64. The monoisotopic (exact) mass is 429 g/mol. The molecule has 1 fully saturated rings. The first-order valence-electron chi connectivity index (χ1n) is 8.03. The highest BCUT2D eigenvalue weighted by Crippen LogP contribution is 2.33. The van der Waals surface area contributed by atoms with E-state index < -0.39 is 5.60 Å². The second-order valence-electron chi connectivity index (χ2n) is 6.93. The zero-order valence-corrected chi connectivity index (χ0v) is 16.1. The van der Waals surface area contributed by atoms with Crippen LogP contribution in [0.15, 0.2) is 24.3 Å². The smallest absolute Gasteiger partial charge is 0.410 e. The molecule has 1 amide bonds. The zero-order valence-electron chi connectivity index (χ0n) is 14.0. The molecule has 1 aliphatic rings. The van der Waals surface area contributed by atoms with Gasteiger partial charge in [0.15, 0.2) is 3.79 Å². The van der Waals surface area contributed by atoms with Gasteiger partial charge in [0, 0.05) is 13.0 Å². The van der Waals surface area contributed by atoms with Crippen molar-refractivity contribution >= 4 is 32.5 Å². The van der Waals surface area contributed by atoms with Gasteiger partial charge in [-0.2, -0.15) is 0 Å². The van der Waals surface area contributed by atoms with Crippen molar-refractivity contribution in [3.63, 3.8) is 0 Å². The Bertz CT molecular complexity index is 563. The molecular formula is C18H24INO3. The predicted octanol–water partition coefficient (Wildman–Crippen LogP) is 4.65. The lowest BCUT2D eigenvalue weighted by atomic mass is 10.0. The molecule has 1 aromatic rings. The number of likely N-dealkylation sites (tertiary alicyclic amines) is 1. The summed E-state index contributed by atoms with van der Waals surface area (Å²) in [6.07, 6.45) is 3.05. The molecule has 23 heavy (non-hydrogen) atoms. The van der Waals surface area contributed by atoms with Crippen LogP contribution in [0.25, 0.3) is 0 Å². The predicted molar refractivity (Wildman–Crippen MR) is 98.7 cm³/mol. The van der Waals surface area contributed by atoms with Gasteiger partial charge in [-0.25, -0.2) is 4.79 Å². The van der Waals surface area contributed by atoms with E-state index in [1.54, 1.807) is 0 Å². The highest BCUT2D eigenvalue weighted by Gasteiger charge is 2.32. The number of hydrogen-bond acceptors (Lipinski definition) is 3. The number of aryl methyl sites for hydroxylation is 1. The molecule has 1 aliphatic heterocycles. The Morgan fingerprint density at radius 1 is 1.26 bits per heavy atom. The molecule has 4 nitrogen and oxygen atoms in total. The molecule has 1 saturated heterocycles. The maximum absolute atomic E-state index is 12.4. The summed E-state index contributed by atoms with van der Waals surface area (Å²) >= 11 is 1.83.